The quantitative estimate of drug-likeness (QED) is 0.313. The number of hydrogen-bond donors (Lipinski definition) is 1. The molecule has 0 atom stereocenters. The van der Waals surface area contributed by atoms with Gasteiger partial charge < -0.3 is 9.67 Å². The molecule has 0 saturated heterocycles. The number of benzene rings is 3. The normalized spacial score (nSPS) is 11.3. The topological polar surface area (TPSA) is 83.1 Å². The minimum absolute atomic E-state index is 0.00397. The Morgan fingerprint density at radius 2 is 1.66 bits per heavy atom. The van der Waals surface area contributed by atoms with E-state index in [-0.39, 0.29) is 22.4 Å². The first kappa shape index (κ1) is 26.3. The van der Waals surface area contributed by atoms with E-state index in [0.29, 0.717) is 23.3 Å². The van der Waals surface area contributed by atoms with E-state index in [0.717, 1.165) is 16.7 Å². The van der Waals surface area contributed by atoms with Crippen LogP contribution in [0.4, 0.5) is 22.0 Å². The fourth-order valence-corrected chi connectivity index (χ4v) is 4.23. The molecule has 38 heavy (non-hydrogen) atoms. The van der Waals surface area contributed by atoms with Crippen molar-refractivity contribution in [3.8, 4) is 28.5 Å². The van der Waals surface area contributed by atoms with Gasteiger partial charge in [-0.3, -0.25) is 9.59 Å². The van der Waals surface area contributed by atoms with Crippen LogP contribution in [0.2, 0.25) is 0 Å². The molecule has 3 aromatic carbocycles. The van der Waals surface area contributed by atoms with Crippen molar-refractivity contribution in [3.05, 3.63) is 117 Å². The molecule has 0 unspecified atom stereocenters. The van der Waals surface area contributed by atoms with Crippen LogP contribution in [0.25, 0.3) is 22.4 Å². The van der Waals surface area contributed by atoms with E-state index in [4.69, 9.17) is 0 Å². The molecule has 0 aliphatic carbocycles. The second-order valence-corrected chi connectivity index (χ2v) is 8.33. The fourth-order valence-electron chi connectivity index (χ4n) is 4.23. The molecule has 0 fully saturated rings. The molecule has 0 bridgehead atoms. The van der Waals surface area contributed by atoms with Crippen molar-refractivity contribution >= 4 is 5.97 Å². The van der Waals surface area contributed by atoms with Gasteiger partial charge in [0, 0.05) is 17.2 Å². The Morgan fingerprint density at radius 1 is 0.947 bits per heavy atom. The molecule has 192 valence electrons. The number of halogens is 5. The van der Waals surface area contributed by atoms with E-state index in [1.807, 2.05) is 0 Å². The standard InChI is InChI=1S/C28H17F5N2O3/c29-19-10-9-18(23(30)12-19)15-35-24(13-22(28(31,32)33)21(14-34)27(35)38)26-17(11-25(36)37)7-4-8-20(26)16-5-2-1-3-6-16/h1-10,12-13H,11,15H2,(H,36,37). The van der Waals surface area contributed by atoms with Crippen molar-refractivity contribution < 1.29 is 31.9 Å². The number of carboxylic acid groups (broad SMARTS) is 1. The van der Waals surface area contributed by atoms with Crippen molar-refractivity contribution in [2.45, 2.75) is 19.1 Å². The number of aliphatic carboxylic acids is 1. The lowest BCUT2D eigenvalue weighted by Crippen LogP contribution is -2.29. The van der Waals surface area contributed by atoms with Crippen LogP contribution in [0.5, 0.6) is 0 Å². The molecular weight excluding hydrogens is 507 g/mol. The Bertz CT molecular complexity index is 1640. The number of aromatic nitrogens is 1. The third-order valence-corrected chi connectivity index (χ3v) is 5.89. The van der Waals surface area contributed by atoms with Crippen molar-refractivity contribution in [2.24, 2.45) is 0 Å². The van der Waals surface area contributed by atoms with Crippen molar-refractivity contribution in [1.29, 1.82) is 5.26 Å². The number of alkyl halides is 3. The summed E-state index contributed by atoms with van der Waals surface area (Å²) < 4.78 is 70.9. The van der Waals surface area contributed by atoms with Gasteiger partial charge >= 0.3 is 12.1 Å². The summed E-state index contributed by atoms with van der Waals surface area (Å²) in [6, 6.07) is 17.2. The minimum atomic E-state index is -5.10. The zero-order valence-electron chi connectivity index (χ0n) is 19.4. The molecule has 5 nitrogen and oxygen atoms in total. The third kappa shape index (κ3) is 5.18. The average molecular weight is 524 g/mol. The fraction of sp³-hybridized carbons (Fsp3) is 0.107. The zero-order chi connectivity index (χ0) is 27.6. The van der Waals surface area contributed by atoms with E-state index < -0.39 is 53.4 Å². The molecular formula is C28H17F5N2O3. The highest BCUT2D eigenvalue weighted by Gasteiger charge is 2.37. The van der Waals surface area contributed by atoms with Crippen LogP contribution in [-0.4, -0.2) is 15.6 Å². The average Bonchev–Trinajstić information content (AvgIpc) is 2.86. The van der Waals surface area contributed by atoms with Crippen LogP contribution in [0.3, 0.4) is 0 Å². The molecule has 0 radical (unpaired) electrons. The molecule has 1 aromatic heterocycles. The predicted octanol–water partition coefficient (Wildman–Crippen LogP) is 6.03. The number of carboxylic acids is 1. The number of hydrogen-bond acceptors (Lipinski definition) is 3. The van der Waals surface area contributed by atoms with E-state index in [1.54, 1.807) is 36.4 Å². The minimum Gasteiger partial charge on any atom is -0.481 e. The molecule has 0 aliphatic heterocycles. The smallest absolute Gasteiger partial charge is 0.417 e. The summed E-state index contributed by atoms with van der Waals surface area (Å²) in [5.74, 6) is -3.23. The highest BCUT2D eigenvalue weighted by atomic mass is 19.4. The van der Waals surface area contributed by atoms with Gasteiger partial charge in [0.05, 0.1) is 24.2 Å². The third-order valence-electron chi connectivity index (χ3n) is 5.89. The predicted molar refractivity (Wildman–Crippen MR) is 128 cm³/mol. The van der Waals surface area contributed by atoms with Crippen LogP contribution in [0.1, 0.15) is 22.3 Å². The van der Waals surface area contributed by atoms with Gasteiger partial charge in [-0.2, -0.15) is 18.4 Å². The van der Waals surface area contributed by atoms with E-state index in [9.17, 15) is 41.9 Å². The summed E-state index contributed by atoms with van der Waals surface area (Å²) >= 11 is 0. The summed E-state index contributed by atoms with van der Waals surface area (Å²) in [6.45, 7) is -0.650. The number of nitrogens with zero attached hydrogens (tertiary/aromatic N) is 2. The first-order chi connectivity index (χ1) is 18.0. The van der Waals surface area contributed by atoms with Crippen LogP contribution < -0.4 is 5.56 Å². The lowest BCUT2D eigenvalue weighted by atomic mass is 9.90. The maximum atomic E-state index is 14.6. The second-order valence-electron chi connectivity index (χ2n) is 8.33. The van der Waals surface area contributed by atoms with Crippen LogP contribution in [0, 0.1) is 23.0 Å². The van der Waals surface area contributed by atoms with Crippen LogP contribution in [-0.2, 0) is 23.9 Å². The molecule has 10 heteroatoms. The molecule has 1 N–H and O–H groups in total. The second kappa shape index (κ2) is 10.3. The highest BCUT2D eigenvalue weighted by molar-refractivity contribution is 5.87. The summed E-state index contributed by atoms with van der Waals surface area (Å²) in [5, 5.41) is 19.0. The van der Waals surface area contributed by atoms with Gasteiger partial charge in [-0.1, -0.05) is 54.6 Å². The summed E-state index contributed by atoms with van der Waals surface area (Å²) in [7, 11) is 0. The van der Waals surface area contributed by atoms with Gasteiger partial charge in [-0.15, -0.1) is 0 Å². The van der Waals surface area contributed by atoms with E-state index in [1.165, 1.54) is 18.2 Å². The molecule has 0 aliphatic rings. The molecule has 4 aromatic rings. The summed E-state index contributed by atoms with van der Waals surface area (Å²) in [4.78, 5) is 25.0. The SMILES string of the molecule is N#Cc1c(C(F)(F)F)cc(-c2c(CC(=O)O)cccc2-c2ccccc2)n(Cc2ccc(F)cc2F)c1=O. The molecule has 0 amide bonds. The number of pyridine rings is 1. The summed E-state index contributed by atoms with van der Waals surface area (Å²) in [6.07, 6.45) is -5.70. The Morgan fingerprint density at radius 3 is 2.26 bits per heavy atom. The van der Waals surface area contributed by atoms with Gasteiger partial charge in [0.1, 0.15) is 23.3 Å². The Hall–Kier alpha value is -4.78. The lowest BCUT2D eigenvalue weighted by molar-refractivity contribution is -0.138. The zero-order valence-corrected chi connectivity index (χ0v) is 19.4. The first-order valence-corrected chi connectivity index (χ1v) is 11.1. The molecule has 0 saturated carbocycles. The monoisotopic (exact) mass is 524 g/mol. The van der Waals surface area contributed by atoms with E-state index >= 15 is 0 Å². The highest BCUT2D eigenvalue weighted by Crippen LogP contribution is 2.39. The number of nitriles is 1. The largest absolute Gasteiger partial charge is 0.481 e. The van der Waals surface area contributed by atoms with Gasteiger partial charge in [-0.05, 0) is 28.8 Å². The van der Waals surface area contributed by atoms with Crippen LogP contribution in [0.15, 0.2) is 77.6 Å². The van der Waals surface area contributed by atoms with Crippen molar-refractivity contribution in [3.63, 3.8) is 0 Å². The molecule has 0 spiro atoms. The van der Waals surface area contributed by atoms with Crippen molar-refractivity contribution in [1.82, 2.24) is 4.57 Å². The Balaban J connectivity index is 2.15. The first-order valence-electron chi connectivity index (χ1n) is 11.1. The maximum Gasteiger partial charge on any atom is 0.417 e. The number of rotatable bonds is 6. The number of carbonyl (C=O) groups is 1. The molecule has 1 heterocycles. The van der Waals surface area contributed by atoms with Crippen molar-refractivity contribution in [2.75, 3.05) is 0 Å². The lowest BCUT2D eigenvalue weighted by Gasteiger charge is -2.22. The van der Waals surface area contributed by atoms with Gasteiger partial charge in [-0.25, -0.2) is 8.78 Å². The van der Waals surface area contributed by atoms with Gasteiger partial charge in [0.2, 0.25) is 0 Å². The maximum absolute atomic E-state index is 14.6. The van der Waals surface area contributed by atoms with Crippen LogP contribution >= 0.6 is 0 Å². The van der Waals surface area contributed by atoms with Gasteiger partial charge in [0.25, 0.3) is 5.56 Å². The van der Waals surface area contributed by atoms with E-state index in [2.05, 4.69) is 0 Å². The Labute approximate surface area is 212 Å². The summed E-state index contributed by atoms with van der Waals surface area (Å²) in [5.41, 5.74) is -3.77. The Kier molecular flexibility index (Phi) is 7.12. The molecule has 4 rings (SSSR count). The van der Waals surface area contributed by atoms with Gasteiger partial charge in [0.15, 0.2) is 0 Å².